The van der Waals surface area contributed by atoms with Gasteiger partial charge in [-0.05, 0) is 6.42 Å². The van der Waals surface area contributed by atoms with Crippen molar-refractivity contribution in [2.75, 3.05) is 38.8 Å². The Balaban J connectivity index is 1.26. The van der Waals surface area contributed by atoms with Crippen molar-refractivity contribution in [3.05, 3.63) is 0 Å². The predicted octanol–water partition coefficient (Wildman–Crippen LogP) is -6.34. The normalized spacial score (nSPS) is 49.7. The minimum absolute atomic E-state index is 0.00878. The van der Waals surface area contributed by atoms with Gasteiger partial charge in [0.15, 0.2) is 12.6 Å². The number of rotatable bonds is 12. The fourth-order valence-electron chi connectivity index (χ4n) is 7.58. The van der Waals surface area contributed by atoms with Crippen LogP contribution >= 0.6 is 0 Å². The Morgan fingerprint density at radius 2 is 1.26 bits per heavy atom. The van der Waals surface area contributed by atoms with E-state index in [4.69, 9.17) is 42.1 Å². The fraction of sp³-hybridized carbons (Fsp3) is 1.00. The molecule has 24 heteroatoms. The summed E-state index contributed by atoms with van der Waals surface area (Å²) >= 11 is 0. The second-order valence-corrected chi connectivity index (χ2v) is 15.7. The minimum atomic E-state index is -5.29. The van der Waals surface area contributed by atoms with Gasteiger partial charge in [-0.15, -0.1) is 0 Å². The van der Waals surface area contributed by atoms with E-state index in [0.29, 0.717) is 0 Å². The highest BCUT2D eigenvalue weighted by Gasteiger charge is 2.59. The predicted molar refractivity (Wildman–Crippen MR) is 154 cm³/mol. The van der Waals surface area contributed by atoms with Crippen molar-refractivity contribution in [3.8, 4) is 0 Å². The smallest absolute Gasteiger partial charge is 0.394 e. The van der Waals surface area contributed by atoms with Crippen molar-refractivity contribution in [3.63, 3.8) is 0 Å². The lowest BCUT2D eigenvalue weighted by molar-refractivity contribution is -0.346. The van der Waals surface area contributed by atoms with Crippen LogP contribution in [-0.2, 0) is 62.6 Å². The van der Waals surface area contributed by atoms with Crippen LogP contribution < -0.4 is 0 Å². The highest BCUT2D eigenvalue weighted by atomic mass is 32.3. The Bertz CT molecular complexity index is 1380. The molecule has 0 aromatic heterocycles. The molecular formula is C26H42O22S2. The van der Waals surface area contributed by atoms with E-state index in [1.54, 1.807) is 0 Å². The van der Waals surface area contributed by atoms with E-state index < -0.39 is 155 Å². The Kier molecular flexibility index (Phi) is 11.8. The molecule has 0 saturated carbocycles. The molecule has 0 radical (unpaired) electrons. The van der Waals surface area contributed by atoms with E-state index in [9.17, 15) is 61.7 Å². The number of hydrogen-bond acceptors (Lipinski definition) is 20. The van der Waals surface area contributed by atoms with E-state index in [2.05, 4.69) is 0 Å². The van der Waals surface area contributed by atoms with Crippen LogP contribution in [0.4, 0.5) is 0 Å². The first-order chi connectivity index (χ1) is 23.5. The summed E-state index contributed by atoms with van der Waals surface area (Å²) in [6, 6.07) is 0. The first-order valence-corrected chi connectivity index (χ1v) is 18.8. The highest BCUT2D eigenvalue weighted by molar-refractivity contribution is 7.85. The lowest BCUT2D eigenvalue weighted by atomic mass is 9.83. The number of aliphatic hydroxyl groups excluding tert-OH is 7. The Morgan fingerprint density at radius 1 is 0.600 bits per heavy atom. The van der Waals surface area contributed by atoms with Crippen LogP contribution in [-0.4, -0.2) is 205 Å². The van der Waals surface area contributed by atoms with Gasteiger partial charge in [-0.25, -0.2) is 4.18 Å². The average Bonchev–Trinajstić information content (AvgIpc) is 3.50. The molecule has 3 unspecified atom stereocenters. The SMILES string of the molecule is O=S(=O)(O)C[C@H]1C(O[C@@H]2C(O)[C@H](C[C@@H]3[C@@H]4OC[C@H]3OC[C@@H]4O)O[C@H](CO)[C@@H]2OS(=O)(=O)O)O[C@@H]2CO[C@H]1[C@H]2OC1O[C@H](CO)[C@H](O)[C@H](O)[C@H]1O. The highest BCUT2D eigenvalue weighted by Crippen LogP contribution is 2.42. The number of fused-ring (bicyclic) bond motifs is 4. The molecule has 9 N–H and O–H groups in total. The zero-order valence-corrected chi connectivity index (χ0v) is 27.7. The molecule has 0 spiro atoms. The largest absolute Gasteiger partial charge is 0.397 e. The summed E-state index contributed by atoms with van der Waals surface area (Å²) < 4.78 is 118. The van der Waals surface area contributed by atoms with Gasteiger partial charge in [-0.3, -0.25) is 9.11 Å². The summed E-state index contributed by atoms with van der Waals surface area (Å²) in [6.45, 7) is -1.83. The third kappa shape index (κ3) is 8.00. The summed E-state index contributed by atoms with van der Waals surface area (Å²) in [5, 5.41) is 72.5. The second kappa shape index (κ2) is 15.1. The lowest BCUT2D eigenvalue weighted by Crippen LogP contribution is -2.65. The Morgan fingerprint density at radius 3 is 1.92 bits per heavy atom. The molecule has 6 rings (SSSR count). The maximum atomic E-state index is 12.2. The van der Waals surface area contributed by atoms with Crippen molar-refractivity contribution in [2.45, 2.75) is 111 Å². The van der Waals surface area contributed by atoms with Crippen molar-refractivity contribution in [1.82, 2.24) is 0 Å². The van der Waals surface area contributed by atoms with E-state index in [1.807, 2.05) is 0 Å². The van der Waals surface area contributed by atoms with Crippen molar-refractivity contribution in [1.29, 1.82) is 0 Å². The van der Waals surface area contributed by atoms with Gasteiger partial charge in [0.05, 0.1) is 69.1 Å². The van der Waals surface area contributed by atoms with Crippen LogP contribution in [0.1, 0.15) is 6.42 Å². The molecule has 4 bridgehead atoms. The van der Waals surface area contributed by atoms with Gasteiger partial charge >= 0.3 is 10.4 Å². The summed E-state index contributed by atoms with van der Waals surface area (Å²) in [6.07, 6.45) is -24.6. The quantitative estimate of drug-likeness (QED) is 0.0833. The summed E-state index contributed by atoms with van der Waals surface area (Å²) in [5.41, 5.74) is 0. The molecule has 6 saturated heterocycles. The van der Waals surface area contributed by atoms with Crippen LogP contribution in [0.3, 0.4) is 0 Å². The van der Waals surface area contributed by atoms with Crippen molar-refractivity contribution >= 4 is 20.5 Å². The van der Waals surface area contributed by atoms with Crippen LogP contribution in [0.2, 0.25) is 0 Å². The maximum Gasteiger partial charge on any atom is 0.397 e. The third-order valence-electron chi connectivity index (χ3n) is 9.94. The first-order valence-electron chi connectivity index (χ1n) is 15.8. The first kappa shape index (κ1) is 38.9. The molecule has 0 aromatic carbocycles. The molecule has 6 heterocycles. The third-order valence-corrected chi connectivity index (χ3v) is 11.2. The molecule has 290 valence electrons. The molecular weight excluding hydrogens is 728 g/mol. The molecule has 19 atom stereocenters. The summed E-state index contributed by atoms with van der Waals surface area (Å²) in [7, 11) is -10.1. The molecule has 6 aliphatic heterocycles. The van der Waals surface area contributed by atoms with Gasteiger partial charge in [-0.1, -0.05) is 0 Å². The molecule has 0 aliphatic carbocycles. The standard InChI is InChI=1S/C26H42O22S2/c27-2-12-16(30)18(32)19(33)26(44-12)46-22-15-6-42-21(22)9(7-49(34,35)36)25(45-15)47-24-17(31)11(43-13(3-28)23(24)48-50(37,38)39)1-8-14-5-41-20(8)10(29)4-40-14/h8-33H,1-7H2,(H,34,35,36)(H,37,38,39)/t8-,9+,10-,11-,12+,13+,14+,15+,16-,17?,18-,19+,20-,21+,22-,23-,24+,25?,26?/m0/s1. The maximum absolute atomic E-state index is 12.2. The van der Waals surface area contributed by atoms with E-state index in [0.717, 1.165) is 0 Å². The second-order valence-electron chi connectivity index (χ2n) is 13.2. The van der Waals surface area contributed by atoms with Gasteiger partial charge in [0.25, 0.3) is 10.1 Å². The van der Waals surface area contributed by atoms with Crippen molar-refractivity contribution < 1.29 is 104 Å². The van der Waals surface area contributed by atoms with Gasteiger partial charge < -0.3 is 73.6 Å². The van der Waals surface area contributed by atoms with E-state index >= 15 is 0 Å². The molecule has 6 aliphatic rings. The lowest BCUT2D eigenvalue weighted by Gasteiger charge is -2.48. The van der Waals surface area contributed by atoms with Gasteiger partial charge in [-0.2, -0.15) is 16.8 Å². The van der Waals surface area contributed by atoms with Crippen LogP contribution in [0.15, 0.2) is 0 Å². The zero-order chi connectivity index (χ0) is 36.3. The molecule has 0 amide bonds. The molecule has 22 nitrogen and oxygen atoms in total. The van der Waals surface area contributed by atoms with E-state index in [-0.39, 0.29) is 26.2 Å². The van der Waals surface area contributed by atoms with Crippen molar-refractivity contribution in [2.24, 2.45) is 11.8 Å². The number of ether oxygens (including phenoxy) is 8. The van der Waals surface area contributed by atoms with Gasteiger partial charge in [0, 0.05) is 5.92 Å². The average molecular weight is 771 g/mol. The summed E-state index contributed by atoms with van der Waals surface area (Å²) in [4.78, 5) is 0. The zero-order valence-electron chi connectivity index (χ0n) is 26.1. The van der Waals surface area contributed by atoms with Gasteiger partial charge in [0.1, 0.15) is 67.1 Å². The number of hydrogen-bond donors (Lipinski definition) is 9. The molecule has 6 fully saturated rings. The topological polar surface area (TPSA) is 333 Å². The van der Waals surface area contributed by atoms with Crippen LogP contribution in [0, 0.1) is 11.8 Å². The Labute approximate surface area is 285 Å². The Hall–Kier alpha value is -0.820. The van der Waals surface area contributed by atoms with E-state index in [1.165, 1.54) is 0 Å². The van der Waals surface area contributed by atoms with Crippen LogP contribution in [0.25, 0.3) is 0 Å². The molecule has 50 heavy (non-hydrogen) atoms. The molecule has 0 aromatic rings. The monoisotopic (exact) mass is 770 g/mol. The minimum Gasteiger partial charge on any atom is -0.394 e. The summed E-state index contributed by atoms with van der Waals surface area (Å²) in [5.74, 6) is -3.16. The number of aliphatic hydroxyl groups is 7. The van der Waals surface area contributed by atoms with Gasteiger partial charge in [0.2, 0.25) is 0 Å². The van der Waals surface area contributed by atoms with Crippen LogP contribution in [0.5, 0.6) is 0 Å². The fourth-order valence-corrected chi connectivity index (χ4v) is 8.93.